The van der Waals surface area contributed by atoms with Crippen LogP contribution in [0.2, 0.25) is 5.02 Å². The Morgan fingerprint density at radius 1 is 0.784 bits per heavy atom. The van der Waals surface area contributed by atoms with Crippen molar-refractivity contribution >= 4 is 46.5 Å². The number of pyridine rings is 1. The van der Waals surface area contributed by atoms with Gasteiger partial charge >= 0.3 is 0 Å². The van der Waals surface area contributed by atoms with Gasteiger partial charge in [-0.3, -0.25) is 19.8 Å². The van der Waals surface area contributed by atoms with Crippen molar-refractivity contribution in [3.63, 3.8) is 0 Å². The van der Waals surface area contributed by atoms with Gasteiger partial charge in [-0.05, 0) is 105 Å². The highest BCUT2D eigenvalue weighted by atomic mass is 35.5. The number of hydrogen-bond donors (Lipinski definition) is 2. The maximum absolute atomic E-state index is 6.20. The number of unbranched alkanes of at least 4 members (excludes halogenated alkanes) is 1. The number of nitrogens with one attached hydrogen (secondary N) is 2. The summed E-state index contributed by atoms with van der Waals surface area (Å²) in [4.78, 5) is 13.6. The minimum atomic E-state index is 0.706. The van der Waals surface area contributed by atoms with E-state index in [1.165, 1.54) is 16.7 Å². The van der Waals surface area contributed by atoms with Crippen molar-refractivity contribution in [1.82, 2.24) is 20.1 Å². The molecule has 6 nitrogen and oxygen atoms in total. The largest absolute Gasteiger partial charge is 0.385 e. The van der Waals surface area contributed by atoms with Gasteiger partial charge in [0.2, 0.25) is 0 Å². The second-order valence-electron chi connectivity index (χ2n) is 12.9. The molecular weight excluding hydrogens is 671 g/mol. The van der Waals surface area contributed by atoms with E-state index in [2.05, 4.69) is 104 Å². The molecule has 5 rings (SSSR count). The first-order valence-electron chi connectivity index (χ1n) is 18.0. The molecule has 1 aliphatic carbocycles. The van der Waals surface area contributed by atoms with Gasteiger partial charge in [0.1, 0.15) is 0 Å². The number of aliphatic imine (C=N–C) groups is 1. The molecule has 3 aromatic carbocycles. The van der Waals surface area contributed by atoms with E-state index in [0.717, 1.165) is 112 Å². The van der Waals surface area contributed by atoms with E-state index in [1.807, 2.05) is 48.7 Å². The number of fused-ring (bicyclic) bond motifs is 1. The fraction of sp³-hybridized carbons (Fsp3) is 0.302. The molecule has 0 spiro atoms. The fourth-order valence-corrected chi connectivity index (χ4v) is 6.66. The summed E-state index contributed by atoms with van der Waals surface area (Å²) in [6.45, 7) is 11.5. The zero-order valence-corrected chi connectivity index (χ0v) is 31.0. The number of aromatic nitrogens is 1. The summed E-state index contributed by atoms with van der Waals surface area (Å²) in [6, 6.07) is 29.6. The molecule has 0 saturated carbocycles. The third-order valence-corrected chi connectivity index (χ3v) is 9.50. The molecule has 1 heterocycles. The van der Waals surface area contributed by atoms with Gasteiger partial charge in [0.05, 0.1) is 5.52 Å². The van der Waals surface area contributed by atoms with Gasteiger partial charge < -0.3 is 10.6 Å². The lowest BCUT2D eigenvalue weighted by molar-refractivity contribution is 0.230. The minimum Gasteiger partial charge on any atom is -0.385 e. The summed E-state index contributed by atoms with van der Waals surface area (Å²) in [5.74, 6) is 0. The monoisotopic (exact) mass is 720 g/mol. The van der Waals surface area contributed by atoms with Crippen LogP contribution in [0.3, 0.4) is 0 Å². The Labute approximate surface area is 314 Å². The molecule has 8 heteroatoms. The van der Waals surface area contributed by atoms with Crippen LogP contribution in [0.25, 0.3) is 10.9 Å². The number of anilines is 1. The second-order valence-corrected chi connectivity index (χ2v) is 13.7. The molecular formula is C43H50Cl2N6. The molecule has 1 aliphatic rings. The first-order chi connectivity index (χ1) is 25.1. The molecule has 0 amide bonds. The van der Waals surface area contributed by atoms with Crippen LogP contribution in [-0.2, 0) is 13.1 Å². The standard InChI is InChI=1S/C43H50Cl2N6/c1-46-26-22-41(37-16-18-38(44)19-17-37)47-24-10-30-50(33-35-12-4-2-5-13-35)28-8-9-29-51(34-36-14-6-3-7-15-36)31-11-25-48-42-23-27-49-43-32-39(45)20-21-40(42)43/h2-7,12-16,18-23,26-27,32,47H,1,8-11,17,24-25,28-31,33-34H2,(H,48,49)/b26-22-,41-37+. The number of rotatable bonds is 21. The quantitative estimate of drug-likeness (QED) is 0.0663. The maximum Gasteiger partial charge on any atom is 0.0737 e. The lowest BCUT2D eigenvalue weighted by atomic mass is 10.0. The lowest BCUT2D eigenvalue weighted by Crippen LogP contribution is -2.30. The van der Waals surface area contributed by atoms with Crippen LogP contribution >= 0.6 is 23.2 Å². The third kappa shape index (κ3) is 13.1. The van der Waals surface area contributed by atoms with Gasteiger partial charge in [-0.25, -0.2) is 0 Å². The first kappa shape index (κ1) is 38.0. The Bertz CT molecular complexity index is 1780. The van der Waals surface area contributed by atoms with E-state index in [-0.39, 0.29) is 0 Å². The molecule has 4 aromatic rings. The number of hydrogen-bond acceptors (Lipinski definition) is 6. The van der Waals surface area contributed by atoms with Gasteiger partial charge in [-0.1, -0.05) is 96.0 Å². The smallest absolute Gasteiger partial charge is 0.0737 e. The highest BCUT2D eigenvalue weighted by Gasteiger charge is 2.11. The van der Waals surface area contributed by atoms with Crippen LogP contribution < -0.4 is 10.6 Å². The third-order valence-electron chi connectivity index (χ3n) is 8.99. The van der Waals surface area contributed by atoms with Crippen molar-refractivity contribution in [2.75, 3.05) is 44.6 Å². The number of benzene rings is 3. The summed E-state index contributed by atoms with van der Waals surface area (Å²) in [7, 11) is 0. The number of halogens is 2. The molecule has 0 radical (unpaired) electrons. The Morgan fingerprint density at radius 3 is 2.06 bits per heavy atom. The van der Waals surface area contributed by atoms with E-state index in [4.69, 9.17) is 23.2 Å². The highest BCUT2D eigenvalue weighted by molar-refractivity contribution is 6.31. The predicted octanol–water partition coefficient (Wildman–Crippen LogP) is 10.0. The van der Waals surface area contributed by atoms with E-state index in [0.29, 0.717) is 5.02 Å². The molecule has 1 aromatic heterocycles. The summed E-state index contributed by atoms with van der Waals surface area (Å²) in [6.07, 6.45) is 16.8. The van der Waals surface area contributed by atoms with Crippen molar-refractivity contribution in [3.8, 4) is 0 Å². The highest BCUT2D eigenvalue weighted by Crippen LogP contribution is 2.24. The van der Waals surface area contributed by atoms with E-state index in [9.17, 15) is 0 Å². The van der Waals surface area contributed by atoms with E-state index < -0.39 is 0 Å². The van der Waals surface area contributed by atoms with Gasteiger partial charge in [-0.15, -0.1) is 0 Å². The SMILES string of the molecule is C=N/C=C\C(NCCCN(CCCCN(CCCNc1ccnc2cc(Cl)ccc12)Cc1ccccc1)Cc1ccccc1)=C1\C=CC(Cl)=CC1. The molecule has 2 N–H and O–H groups in total. The molecule has 0 aliphatic heterocycles. The van der Waals surface area contributed by atoms with Gasteiger partial charge in [0.15, 0.2) is 0 Å². The Hall–Kier alpha value is -4.20. The van der Waals surface area contributed by atoms with Crippen LogP contribution in [0.5, 0.6) is 0 Å². The summed E-state index contributed by atoms with van der Waals surface area (Å²) in [5, 5.41) is 9.88. The molecule has 51 heavy (non-hydrogen) atoms. The van der Waals surface area contributed by atoms with Gasteiger partial charge in [0, 0.05) is 78.5 Å². The van der Waals surface area contributed by atoms with Crippen molar-refractivity contribution < 1.29 is 0 Å². The topological polar surface area (TPSA) is 55.8 Å². The van der Waals surface area contributed by atoms with Crippen LogP contribution in [0, 0.1) is 0 Å². The molecule has 0 saturated heterocycles. The Balaban J connectivity index is 1.12. The summed E-state index contributed by atoms with van der Waals surface area (Å²) >= 11 is 12.4. The minimum absolute atomic E-state index is 0.706. The van der Waals surface area contributed by atoms with Crippen molar-refractivity contribution in [3.05, 3.63) is 154 Å². The average Bonchev–Trinajstić information content (AvgIpc) is 3.15. The molecule has 0 atom stereocenters. The summed E-state index contributed by atoms with van der Waals surface area (Å²) in [5.41, 5.74) is 7.00. The van der Waals surface area contributed by atoms with Crippen molar-refractivity contribution in [2.45, 2.75) is 45.2 Å². The zero-order chi connectivity index (χ0) is 35.5. The van der Waals surface area contributed by atoms with Crippen LogP contribution in [0.4, 0.5) is 5.69 Å². The number of nitrogens with zero attached hydrogens (tertiary/aromatic N) is 4. The first-order valence-corrected chi connectivity index (χ1v) is 18.8. The van der Waals surface area contributed by atoms with Crippen molar-refractivity contribution in [2.24, 2.45) is 4.99 Å². The molecule has 0 unspecified atom stereocenters. The Morgan fingerprint density at radius 2 is 1.43 bits per heavy atom. The second kappa shape index (κ2) is 21.2. The molecule has 0 fully saturated rings. The number of allylic oxidation sites excluding steroid dienone is 6. The normalized spacial score (nSPS) is 14.0. The van der Waals surface area contributed by atoms with Crippen LogP contribution in [-0.4, -0.2) is 60.8 Å². The van der Waals surface area contributed by atoms with E-state index in [1.54, 1.807) is 6.20 Å². The summed E-state index contributed by atoms with van der Waals surface area (Å²) < 4.78 is 0. The average molecular weight is 722 g/mol. The van der Waals surface area contributed by atoms with Crippen LogP contribution in [0.1, 0.15) is 43.2 Å². The lowest BCUT2D eigenvalue weighted by Gasteiger charge is -2.25. The Kier molecular flexibility index (Phi) is 15.8. The molecule has 266 valence electrons. The maximum atomic E-state index is 6.20. The van der Waals surface area contributed by atoms with E-state index >= 15 is 0 Å². The van der Waals surface area contributed by atoms with Crippen molar-refractivity contribution in [1.29, 1.82) is 0 Å². The fourth-order valence-electron chi connectivity index (χ4n) is 6.35. The predicted molar refractivity (Wildman–Crippen MR) is 219 cm³/mol. The zero-order valence-electron chi connectivity index (χ0n) is 29.5. The molecule has 0 bridgehead atoms. The van der Waals surface area contributed by atoms with Gasteiger partial charge in [-0.2, -0.15) is 0 Å². The van der Waals surface area contributed by atoms with Gasteiger partial charge in [0.25, 0.3) is 0 Å². The van der Waals surface area contributed by atoms with Crippen LogP contribution in [0.15, 0.2) is 143 Å².